The molecule has 1 aromatic heterocycles. The molecule has 0 aliphatic heterocycles. The van der Waals surface area contributed by atoms with Crippen LogP contribution in [0, 0.1) is 0 Å². The molecule has 0 spiro atoms. The first-order valence-corrected chi connectivity index (χ1v) is 6.50. The van der Waals surface area contributed by atoms with Crippen LogP contribution in [0.2, 0.25) is 0 Å². The van der Waals surface area contributed by atoms with Crippen molar-refractivity contribution in [2.45, 2.75) is 33.6 Å². The lowest BCUT2D eigenvalue weighted by Gasteiger charge is -2.17. The molecule has 4 nitrogen and oxygen atoms in total. The topological polar surface area (TPSA) is 45.2 Å². The van der Waals surface area contributed by atoms with Gasteiger partial charge in [0.2, 0.25) is 0 Å². The van der Waals surface area contributed by atoms with E-state index in [0.717, 1.165) is 18.1 Å². The molecule has 0 saturated heterocycles. The van der Waals surface area contributed by atoms with Gasteiger partial charge < -0.3 is 10.2 Å². The molecular weight excluding hydrogens is 226 g/mol. The summed E-state index contributed by atoms with van der Waals surface area (Å²) in [6.45, 7) is 9.64. The first kappa shape index (κ1) is 14.5. The van der Waals surface area contributed by atoms with E-state index in [1.54, 1.807) is 4.90 Å². The predicted molar refractivity (Wildman–Crippen MR) is 75.1 cm³/mol. The van der Waals surface area contributed by atoms with E-state index in [2.05, 4.69) is 24.1 Å². The van der Waals surface area contributed by atoms with Crippen LogP contribution in [0.25, 0.3) is 0 Å². The quantitative estimate of drug-likeness (QED) is 0.872. The minimum atomic E-state index is 0.0425. The number of pyridine rings is 1. The molecule has 0 saturated carbocycles. The molecule has 0 unspecified atom stereocenters. The molecule has 0 aromatic carbocycles. The Morgan fingerprint density at radius 1 is 1.39 bits per heavy atom. The lowest BCUT2D eigenvalue weighted by molar-refractivity contribution is 0.0802. The Balaban J connectivity index is 3.14. The van der Waals surface area contributed by atoms with Crippen LogP contribution < -0.4 is 5.32 Å². The molecule has 0 aliphatic rings. The number of hydrogen-bond acceptors (Lipinski definition) is 3. The highest BCUT2D eigenvalue weighted by Gasteiger charge is 2.14. The minimum Gasteiger partial charge on any atom is -0.370 e. The molecule has 1 amide bonds. The Labute approximate surface area is 109 Å². The highest BCUT2D eigenvalue weighted by molar-refractivity contribution is 5.94. The van der Waals surface area contributed by atoms with E-state index in [9.17, 15) is 4.79 Å². The molecule has 1 rings (SSSR count). The average molecular weight is 249 g/mol. The van der Waals surface area contributed by atoms with Gasteiger partial charge in [0.15, 0.2) is 0 Å². The molecule has 0 radical (unpaired) electrons. The zero-order valence-corrected chi connectivity index (χ0v) is 11.9. The van der Waals surface area contributed by atoms with Crippen LogP contribution in [0.4, 0.5) is 5.82 Å². The smallest absolute Gasteiger partial charge is 0.253 e. The summed E-state index contributed by atoms with van der Waals surface area (Å²) in [5, 5.41) is 3.17. The van der Waals surface area contributed by atoms with Gasteiger partial charge in [-0.3, -0.25) is 4.79 Å². The van der Waals surface area contributed by atoms with E-state index >= 15 is 0 Å². The predicted octanol–water partition coefficient (Wildman–Crippen LogP) is 2.73. The van der Waals surface area contributed by atoms with E-state index < -0.39 is 0 Å². The lowest BCUT2D eigenvalue weighted by atomic mass is 10.1. The number of anilines is 1. The summed E-state index contributed by atoms with van der Waals surface area (Å²) in [4.78, 5) is 18.4. The van der Waals surface area contributed by atoms with E-state index in [-0.39, 0.29) is 5.91 Å². The summed E-state index contributed by atoms with van der Waals surface area (Å²) in [6.07, 6.45) is 0. The Morgan fingerprint density at radius 3 is 2.56 bits per heavy atom. The second kappa shape index (κ2) is 6.38. The first-order valence-electron chi connectivity index (χ1n) is 6.50. The van der Waals surface area contributed by atoms with Crippen LogP contribution in [0.1, 0.15) is 49.7 Å². The molecule has 0 atom stereocenters. The highest BCUT2D eigenvalue weighted by Crippen LogP contribution is 2.18. The van der Waals surface area contributed by atoms with Gasteiger partial charge >= 0.3 is 0 Å². The second-order valence-corrected chi connectivity index (χ2v) is 4.67. The van der Waals surface area contributed by atoms with Crippen molar-refractivity contribution in [2.75, 3.05) is 25.5 Å². The fourth-order valence-corrected chi connectivity index (χ4v) is 1.61. The molecule has 1 heterocycles. The van der Waals surface area contributed by atoms with Crippen LogP contribution in [-0.2, 0) is 0 Å². The van der Waals surface area contributed by atoms with Gasteiger partial charge in [0.25, 0.3) is 5.91 Å². The zero-order valence-electron chi connectivity index (χ0n) is 11.9. The van der Waals surface area contributed by atoms with Crippen LogP contribution in [0.5, 0.6) is 0 Å². The average Bonchev–Trinajstić information content (AvgIpc) is 2.36. The third-order valence-corrected chi connectivity index (χ3v) is 2.86. The number of carbonyl (C=O) groups excluding carboxylic acids is 1. The third-order valence-electron chi connectivity index (χ3n) is 2.86. The minimum absolute atomic E-state index is 0.0425. The number of aromatic nitrogens is 1. The molecule has 1 N–H and O–H groups in total. The number of nitrogens with zero attached hydrogens (tertiary/aromatic N) is 2. The lowest BCUT2D eigenvalue weighted by Crippen LogP contribution is -2.26. The van der Waals surface area contributed by atoms with Crippen molar-refractivity contribution in [3.63, 3.8) is 0 Å². The normalized spacial score (nSPS) is 10.6. The molecule has 18 heavy (non-hydrogen) atoms. The third kappa shape index (κ3) is 3.45. The van der Waals surface area contributed by atoms with Crippen LogP contribution in [-0.4, -0.2) is 35.9 Å². The molecule has 0 aliphatic carbocycles. The van der Waals surface area contributed by atoms with Gasteiger partial charge in [0.05, 0.1) is 0 Å². The van der Waals surface area contributed by atoms with Gasteiger partial charge in [-0.15, -0.1) is 0 Å². The van der Waals surface area contributed by atoms with Gasteiger partial charge in [-0.25, -0.2) is 4.98 Å². The number of rotatable bonds is 5. The second-order valence-electron chi connectivity index (χ2n) is 4.67. The van der Waals surface area contributed by atoms with Crippen LogP contribution in [0.15, 0.2) is 12.1 Å². The van der Waals surface area contributed by atoms with Crippen molar-refractivity contribution in [1.29, 1.82) is 0 Å². The van der Waals surface area contributed by atoms with E-state index in [0.29, 0.717) is 18.0 Å². The van der Waals surface area contributed by atoms with Crippen molar-refractivity contribution in [2.24, 2.45) is 0 Å². The molecule has 1 aromatic rings. The summed E-state index contributed by atoms with van der Waals surface area (Å²) < 4.78 is 0. The Hall–Kier alpha value is -1.58. The Morgan fingerprint density at radius 2 is 2.06 bits per heavy atom. The van der Waals surface area contributed by atoms with Gasteiger partial charge in [0.1, 0.15) is 5.82 Å². The summed E-state index contributed by atoms with van der Waals surface area (Å²) in [5.41, 5.74) is 1.65. The van der Waals surface area contributed by atoms with Gasteiger partial charge in [-0.05, 0) is 31.9 Å². The van der Waals surface area contributed by atoms with Crippen molar-refractivity contribution in [3.05, 3.63) is 23.4 Å². The van der Waals surface area contributed by atoms with E-state index in [1.807, 2.05) is 33.0 Å². The van der Waals surface area contributed by atoms with Gasteiger partial charge in [-0.1, -0.05) is 13.8 Å². The standard InChI is InChI=1S/C14H23N3O/c1-6-15-13-9-11(14(18)17(5)7-2)8-12(16-13)10(3)4/h8-10H,6-7H2,1-5H3,(H,15,16). The summed E-state index contributed by atoms with van der Waals surface area (Å²) in [6, 6.07) is 3.71. The fourth-order valence-electron chi connectivity index (χ4n) is 1.61. The van der Waals surface area contributed by atoms with Crippen molar-refractivity contribution in [1.82, 2.24) is 9.88 Å². The molecule has 0 bridgehead atoms. The summed E-state index contributed by atoms with van der Waals surface area (Å²) in [7, 11) is 1.81. The monoisotopic (exact) mass is 249 g/mol. The van der Waals surface area contributed by atoms with Crippen molar-refractivity contribution >= 4 is 11.7 Å². The SMILES string of the molecule is CCNc1cc(C(=O)N(C)CC)cc(C(C)C)n1. The van der Waals surface area contributed by atoms with Gasteiger partial charge in [0, 0.05) is 31.4 Å². The number of amides is 1. The fraction of sp³-hybridized carbons (Fsp3) is 0.571. The zero-order chi connectivity index (χ0) is 13.7. The van der Waals surface area contributed by atoms with Gasteiger partial charge in [-0.2, -0.15) is 0 Å². The number of nitrogens with one attached hydrogen (secondary N) is 1. The Bertz CT molecular complexity index is 416. The van der Waals surface area contributed by atoms with E-state index in [4.69, 9.17) is 0 Å². The first-order chi connectivity index (χ1) is 8.49. The van der Waals surface area contributed by atoms with Crippen molar-refractivity contribution < 1.29 is 4.79 Å². The van der Waals surface area contributed by atoms with E-state index in [1.165, 1.54) is 0 Å². The maximum atomic E-state index is 12.2. The molecule has 4 heteroatoms. The number of hydrogen-bond donors (Lipinski definition) is 1. The summed E-state index contributed by atoms with van der Waals surface area (Å²) >= 11 is 0. The molecular formula is C14H23N3O. The van der Waals surface area contributed by atoms with Crippen LogP contribution >= 0.6 is 0 Å². The Kier molecular flexibility index (Phi) is 5.13. The number of carbonyl (C=O) groups is 1. The molecule has 100 valence electrons. The van der Waals surface area contributed by atoms with Crippen LogP contribution in [0.3, 0.4) is 0 Å². The molecule has 0 fully saturated rings. The summed E-state index contributed by atoms with van der Waals surface area (Å²) in [5.74, 6) is 1.12. The largest absolute Gasteiger partial charge is 0.370 e. The maximum absolute atomic E-state index is 12.2. The maximum Gasteiger partial charge on any atom is 0.253 e. The van der Waals surface area contributed by atoms with Crippen molar-refractivity contribution in [3.8, 4) is 0 Å². The highest BCUT2D eigenvalue weighted by atomic mass is 16.2.